The fourth-order valence-electron chi connectivity index (χ4n) is 2.88. The third kappa shape index (κ3) is 2.09. The van der Waals surface area contributed by atoms with E-state index in [0.717, 1.165) is 0 Å². The van der Waals surface area contributed by atoms with Crippen LogP contribution in [-0.4, -0.2) is 47.0 Å². The molecule has 2 unspecified atom stereocenters. The summed E-state index contributed by atoms with van der Waals surface area (Å²) in [6, 6.07) is -0.547. The van der Waals surface area contributed by atoms with Gasteiger partial charge in [0.15, 0.2) is 11.3 Å². The van der Waals surface area contributed by atoms with E-state index in [9.17, 15) is 14.4 Å². The number of nitrogens with zero attached hydrogens (tertiary/aromatic N) is 1. The van der Waals surface area contributed by atoms with E-state index in [-0.39, 0.29) is 12.2 Å². The first kappa shape index (κ1) is 13.8. The molecule has 2 rings (SSSR count). The van der Waals surface area contributed by atoms with Gasteiger partial charge in [0, 0.05) is 6.42 Å². The zero-order valence-electron chi connectivity index (χ0n) is 11.7. The molecule has 0 spiro atoms. The minimum absolute atomic E-state index is 0.0313. The Morgan fingerprint density at radius 2 is 2.00 bits per heavy atom. The SMILES string of the molecule is COC(=O)C12CCC(C(=O)C1)N2C(=O)OC(C)(C)C. The maximum atomic E-state index is 12.2. The second-order valence-electron chi connectivity index (χ2n) is 6.07. The number of fused-ring (bicyclic) bond motifs is 2. The van der Waals surface area contributed by atoms with Crippen LogP contribution in [0.1, 0.15) is 40.0 Å². The van der Waals surface area contributed by atoms with E-state index in [1.165, 1.54) is 12.0 Å². The Morgan fingerprint density at radius 1 is 1.37 bits per heavy atom. The van der Waals surface area contributed by atoms with Gasteiger partial charge in [-0.15, -0.1) is 0 Å². The molecule has 0 N–H and O–H groups in total. The van der Waals surface area contributed by atoms with Crippen molar-refractivity contribution >= 4 is 17.8 Å². The molecule has 2 heterocycles. The number of ketones is 1. The van der Waals surface area contributed by atoms with E-state index in [1.807, 2.05) is 0 Å². The summed E-state index contributed by atoms with van der Waals surface area (Å²) in [5.41, 5.74) is -1.82. The second kappa shape index (κ2) is 4.21. The Labute approximate surface area is 112 Å². The summed E-state index contributed by atoms with van der Waals surface area (Å²) in [5.74, 6) is -0.630. The van der Waals surface area contributed by atoms with E-state index < -0.39 is 29.2 Å². The first-order valence-corrected chi connectivity index (χ1v) is 6.35. The molecule has 2 fully saturated rings. The first-order chi connectivity index (χ1) is 8.71. The number of esters is 1. The molecule has 6 nitrogen and oxygen atoms in total. The predicted molar refractivity (Wildman–Crippen MR) is 65.5 cm³/mol. The molecule has 106 valence electrons. The summed E-state index contributed by atoms with van der Waals surface area (Å²) >= 11 is 0. The van der Waals surface area contributed by atoms with Crippen LogP contribution in [-0.2, 0) is 19.1 Å². The molecule has 1 amide bonds. The molecule has 0 radical (unpaired) electrons. The van der Waals surface area contributed by atoms with Crippen molar-refractivity contribution in [3.63, 3.8) is 0 Å². The summed E-state index contributed by atoms with van der Waals surface area (Å²) in [6.45, 7) is 5.24. The topological polar surface area (TPSA) is 72.9 Å². The third-order valence-corrected chi connectivity index (χ3v) is 3.60. The molecule has 0 aromatic carbocycles. The van der Waals surface area contributed by atoms with Gasteiger partial charge in [-0.3, -0.25) is 9.69 Å². The van der Waals surface area contributed by atoms with Gasteiger partial charge in [-0.1, -0.05) is 0 Å². The fraction of sp³-hybridized carbons (Fsp3) is 0.769. The van der Waals surface area contributed by atoms with Crippen LogP contribution >= 0.6 is 0 Å². The second-order valence-corrected chi connectivity index (χ2v) is 6.07. The highest BCUT2D eigenvalue weighted by Crippen LogP contribution is 2.45. The van der Waals surface area contributed by atoms with Gasteiger partial charge in [0.1, 0.15) is 5.60 Å². The Kier molecular flexibility index (Phi) is 3.07. The third-order valence-electron chi connectivity index (χ3n) is 3.60. The van der Waals surface area contributed by atoms with Crippen LogP contribution in [0, 0.1) is 0 Å². The lowest BCUT2D eigenvalue weighted by Crippen LogP contribution is -2.52. The summed E-state index contributed by atoms with van der Waals surface area (Å²) in [4.78, 5) is 37.4. The average Bonchev–Trinajstić information content (AvgIpc) is 2.78. The normalized spacial score (nSPS) is 29.6. The minimum Gasteiger partial charge on any atom is -0.467 e. The van der Waals surface area contributed by atoms with Gasteiger partial charge in [0.05, 0.1) is 13.2 Å². The van der Waals surface area contributed by atoms with Gasteiger partial charge in [0.2, 0.25) is 0 Å². The maximum absolute atomic E-state index is 12.2. The molecule has 0 aromatic heterocycles. The summed E-state index contributed by atoms with van der Waals surface area (Å²) in [5, 5.41) is 0. The van der Waals surface area contributed by atoms with Gasteiger partial charge in [-0.05, 0) is 33.6 Å². The smallest absolute Gasteiger partial charge is 0.411 e. The number of ether oxygens (including phenoxy) is 2. The Morgan fingerprint density at radius 3 is 2.47 bits per heavy atom. The minimum atomic E-state index is -1.15. The fourth-order valence-corrected chi connectivity index (χ4v) is 2.88. The van der Waals surface area contributed by atoms with Crippen LogP contribution in [0.15, 0.2) is 0 Å². The van der Waals surface area contributed by atoms with Crippen molar-refractivity contribution in [1.82, 2.24) is 4.90 Å². The van der Waals surface area contributed by atoms with Crippen LogP contribution < -0.4 is 0 Å². The molecule has 0 aliphatic carbocycles. The monoisotopic (exact) mass is 269 g/mol. The number of carbonyl (C=O) groups is 3. The molecule has 2 atom stereocenters. The van der Waals surface area contributed by atoms with Gasteiger partial charge >= 0.3 is 12.1 Å². The van der Waals surface area contributed by atoms with E-state index >= 15 is 0 Å². The van der Waals surface area contributed by atoms with Gasteiger partial charge < -0.3 is 9.47 Å². The zero-order chi connectivity index (χ0) is 14.4. The van der Waals surface area contributed by atoms with Gasteiger partial charge in [0.25, 0.3) is 0 Å². The molecule has 0 saturated carbocycles. The molecular weight excluding hydrogens is 250 g/mol. The number of carbonyl (C=O) groups excluding carboxylic acids is 3. The molecule has 19 heavy (non-hydrogen) atoms. The lowest BCUT2D eigenvalue weighted by atomic mass is 9.87. The standard InChI is InChI=1S/C13H19NO5/c1-12(2,3)19-11(17)14-8-5-6-13(14,7-9(8)15)10(16)18-4/h8H,5-7H2,1-4H3. The van der Waals surface area contributed by atoms with E-state index in [2.05, 4.69) is 0 Å². The molecule has 2 saturated heterocycles. The molecule has 2 aliphatic rings. The van der Waals surface area contributed by atoms with Crippen molar-refractivity contribution in [1.29, 1.82) is 0 Å². The first-order valence-electron chi connectivity index (χ1n) is 6.35. The van der Waals surface area contributed by atoms with Crippen LogP contribution in [0.3, 0.4) is 0 Å². The summed E-state index contributed by atoms with van der Waals surface area (Å²) in [7, 11) is 1.26. The lowest BCUT2D eigenvalue weighted by molar-refractivity contribution is -0.152. The van der Waals surface area contributed by atoms with Crippen molar-refractivity contribution in [2.45, 2.75) is 57.2 Å². The van der Waals surface area contributed by atoms with E-state index in [1.54, 1.807) is 20.8 Å². The number of Topliss-reactive ketones (excluding diaryl/α,β-unsaturated/α-hetero) is 1. The van der Waals surface area contributed by atoms with Crippen LogP contribution in [0.25, 0.3) is 0 Å². The zero-order valence-corrected chi connectivity index (χ0v) is 11.7. The summed E-state index contributed by atoms with van der Waals surface area (Å²) in [6.07, 6.45) is 0.359. The van der Waals surface area contributed by atoms with Gasteiger partial charge in [-0.2, -0.15) is 0 Å². The Balaban J connectivity index is 2.30. The highest BCUT2D eigenvalue weighted by molar-refractivity contribution is 6.02. The lowest BCUT2D eigenvalue weighted by Gasteiger charge is -2.32. The number of amides is 1. The number of hydrogen-bond donors (Lipinski definition) is 0. The Bertz CT molecular complexity index is 439. The van der Waals surface area contributed by atoms with Crippen molar-refractivity contribution in [3.05, 3.63) is 0 Å². The summed E-state index contributed by atoms with van der Waals surface area (Å²) < 4.78 is 10.1. The Hall–Kier alpha value is -1.59. The molecular formula is C13H19NO5. The highest BCUT2D eigenvalue weighted by atomic mass is 16.6. The highest BCUT2D eigenvalue weighted by Gasteiger charge is 2.64. The van der Waals surface area contributed by atoms with Crippen molar-refractivity contribution in [3.8, 4) is 0 Å². The van der Waals surface area contributed by atoms with Crippen molar-refractivity contribution in [2.24, 2.45) is 0 Å². The average molecular weight is 269 g/mol. The number of hydrogen-bond acceptors (Lipinski definition) is 5. The largest absolute Gasteiger partial charge is 0.467 e. The molecule has 2 aliphatic heterocycles. The molecule has 0 aromatic rings. The molecule has 6 heteroatoms. The van der Waals surface area contributed by atoms with Crippen molar-refractivity contribution in [2.75, 3.05) is 7.11 Å². The van der Waals surface area contributed by atoms with E-state index in [4.69, 9.17) is 9.47 Å². The predicted octanol–water partition coefficient (Wildman–Crippen LogP) is 1.27. The van der Waals surface area contributed by atoms with Gasteiger partial charge in [-0.25, -0.2) is 9.59 Å². The molecule has 2 bridgehead atoms. The van der Waals surface area contributed by atoms with Crippen LogP contribution in [0.2, 0.25) is 0 Å². The quantitative estimate of drug-likeness (QED) is 0.670. The number of rotatable bonds is 1. The van der Waals surface area contributed by atoms with Crippen molar-refractivity contribution < 1.29 is 23.9 Å². The van der Waals surface area contributed by atoms with Crippen LogP contribution in [0.4, 0.5) is 4.79 Å². The van der Waals surface area contributed by atoms with Crippen LogP contribution in [0.5, 0.6) is 0 Å². The maximum Gasteiger partial charge on any atom is 0.411 e. The van der Waals surface area contributed by atoms with E-state index in [0.29, 0.717) is 12.8 Å². The number of methoxy groups -OCH3 is 1.